The van der Waals surface area contributed by atoms with E-state index in [0.29, 0.717) is 30.1 Å². The summed E-state index contributed by atoms with van der Waals surface area (Å²) in [6.07, 6.45) is 3.26. The van der Waals surface area contributed by atoms with Crippen LogP contribution < -0.4 is 10.1 Å². The third-order valence-corrected chi connectivity index (χ3v) is 5.96. The second-order valence-corrected chi connectivity index (χ2v) is 8.63. The summed E-state index contributed by atoms with van der Waals surface area (Å²) in [6.45, 7) is 5.16. The lowest BCUT2D eigenvalue weighted by Gasteiger charge is -2.33. The van der Waals surface area contributed by atoms with Crippen molar-refractivity contribution in [3.63, 3.8) is 0 Å². The molecule has 0 atom stereocenters. The van der Waals surface area contributed by atoms with E-state index in [0.717, 1.165) is 24.1 Å². The molecule has 0 radical (unpaired) electrons. The molecule has 0 aliphatic carbocycles. The highest BCUT2D eigenvalue weighted by molar-refractivity contribution is 6.00. The molecule has 2 heterocycles. The molecule has 1 N–H and O–H groups in total. The Hall–Kier alpha value is -3.61. The molecule has 33 heavy (non-hydrogen) atoms. The zero-order valence-corrected chi connectivity index (χ0v) is 19.3. The molecular formula is C26H30N4O3. The van der Waals surface area contributed by atoms with E-state index in [9.17, 15) is 9.59 Å². The third kappa shape index (κ3) is 5.08. The summed E-state index contributed by atoms with van der Waals surface area (Å²) in [5.41, 5.74) is 2.79. The number of rotatable bonds is 6. The standard InChI is InChI=1S/C26H30N4O3/c1-18(2)26(32)29-14-12-20(13-15-29)27-25(31)23-17-30(21-9-5-4-6-10-21)28-24(23)19-8-7-11-22(16-19)33-3/h4-11,16-18,20H,12-15H2,1-3H3,(H,27,31). The Kier molecular flexibility index (Phi) is 6.77. The number of benzene rings is 2. The van der Waals surface area contributed by atoms with Crippen LogP contribution in [0.4, 0.5) is 0 Å². The third-order valence-electron chi connectivity index (χ3n) is 5.96. The number of carbonyl (C=O) groups is 2. The number of likely N-dealkylation sites (tertiary alicyclic amines) is 1. The van der Waals surface area contributed by atoms with Crippen LogP contribution in [0, 0.1) is 5.92 Å². The van der Waals surface area contributed by atoms with Crippen molar-refractivity contribution in [1.82, 2.24) is 20.0 Å². The summed E-state index contributed by atoms with van der Waals surface area (Å²) in [5, 5.41) is 7.91. The maximum absolute atomic E-state index is 13.4. The Morgan fingerprint density at radius 3 is 2.45 bits per heavy atom. The monoisotopic (exact) mass is 446 g/mol. The zero-order chi connectivity index (χ0) is 23.4. The van der Waals surface area contributed by atoms with Crippen LogP contribution in [0.25, 0.3) is 16.9 Å². The lowest BCUT2D eigenvalue weighted by molar-refractivity contribution is -0.135. The molecule has 7 heteroatoms. The first-order chi connectivity index (χ1) is 16.0. The second-order valence-electron chi connectivity index (χ2n) is 8.63. The molecule has 1 aromatic heterocycles. The van der Waals surface area contributed by atoms with Crippen LogP contribution in [-0.2, 0) is 4.79 Å². The molecule has 172 valence electrons. The highest BCUT2D eigenvalue weighted by Gasteiger charge is 2.27. The van der Waals surface area contributed by atoms with Crippen LogP contribution in [0.2, 0.25) is 0 Å². The molecule has 0 bridgehead atoms. The van der Waals surface area contributed by atoms with Crippen LogP contribution in [0.5, 0.6) is 5.75 Å². The number of amides is 2. The highest BCUT2D eigenvalue weighted by Crippen LogP contribution is 2.27. The van der Waals surface area contributed by atoms with Gasteiger partial charge in [0.2, 0.25) is 5.91 Å². The Bertz CT molecular complexity index is 1120. The summed E-state index contributed by atoms with van der Waals surface area (Å²) in [4.78, 5) is 27.5. The largest absolute Gasteiger partial charge is 0.497 e. The van der Waals surface area contributed by atoms with Gasteiger partial charge in [-0.15, -0.1) is 0 Å². The van der Waals surface area contributed by atoms with Crippen LogP contribution in [0.15, 0.2) is 60.8 Å². The SMILES string of the molecule is COc1cccc(-c2nn(-c3ccccc3)cc2C(=O)NC2CCN(C(=O)C(C)C)CC2)c1. The number of carbonyl (C=O) groups excluding carboxylic acids is 2. The first kappa shape index (κ1) is 22.6. The maximum atomic E-state index is 13.4. The van der Waals surface area contributed by atoms with E-state index in [1.54, 1.807) is 18.0 Å². The molecule has 1 fully saturated rings. The summed E-state index contributed by atoms with van der Waals surface area (Å²) >= 11 is 0. The van der Waals surface area contributed by atoms with Crippen molar-refractivity contribution < 1.29 is 14.3 Å². The predicted octanol–water partition coefficient (Wildman–Crippen LogP) is 3.92. The Labute approximate surface area is 194 Å². The Balaban J connectivity index is 1.57. The van der Waals surface area contributed by atoms with Crippen LogP contribution in [0.3, 0.4) is 0 Å². The van der Waals surface area contributed by atoms with Gasteiger partial charge in [-0.3, -0.25) is 9.59 Å². The van der Waals surface area contributed by atoms with Crippen molar-refractivity contribution in [1.29, 1.82) is 0 Å². The predicted molar refractivity (Wildman–Crippen MR) is 127 cm³/mol. The van der Waals surface area contributed by atoms with E-state index in [1.807, 2.05) is 73.3 Å². The molecule has 0 spiro atoms. The van der Waals surface area contributed by atoms with Gasteiger partial charge in [-0.1, -0.05) is 44.2 Å². The van der Waals surface area contributed by atoms with Gasteiger partial charge in [0.25, 0.3) is 5.91 Å². The number of para-hydroxylation sites is 1. The second kappa shape index (κ2) is 9.90. The number of hydrogen-bond acceptors (Lipinski definition) is 4. The summed E-state index contributed by atoms with van der Waals surface area (Å²) < 4.78 is 7.10. The van der Waals surface area contributed by atoms with E-state index in [4.69, 9.17) is 9.84 Å². The molecule has 3 aromatic rings. The first-order valence-electron chi connectivity index (χ1n) is 11.4. The number of methoxy groups -OCH3 is 1. The minimum atomic E-state index is -0.163. The minimum Gasteiger partial charge on any atom is -0.497 e. The number of hydrogen-bond donors (Lipinski definition) is 1. The maximum Gasteiger partial charge on any atom is 0.255 e. The van der Waals surface area contributed by atoms with Crippen molar-refractivity contribution in [2.75, 3.05) is 20.2 Å². The number of ether oxygens (including phenoxy) is 1. The molecule has 1 aliphatic rings. The lowest BCUT2D eigenvalue weighted by atomic mass is 10.0. The van der Waals surface area contributed by atoms with Gasteiger partial charge >= 0.3 is 0 Å². The average molecular weight is 447 g/mol. The number of piperidine rings is 1. The lowest BCUT2D eigenvalue weighted by Crippen LogP contribution is -2.47. The quantitative estimate of drug-likeness (QED) is 0.623. The fourth-order valence-corrected chi connectivity index (χ4v) is 4.11. The molecule has 1 aliphatic heterocycles. The van der Waals surface area contributed by atoms with Crippen molar-refractivity contribution in [2.45, 2.75) is 32.7 Å². The normalized spacial score (nSPS) is 14.4. The Morgan fingerprint density at radius 1 is 1.06 bits per heavy atom. The highest BCUT2D eigenvalue weighted by atomic mass is 16.5. The topological polar surface area (TPSA) is 76.5 Å². The van der Waals surface area contributed by atoms with E-state index in [2.05, 4.69) is 5.32 Å². The molecule has 2 amide bonds. The summed E-state index contributed by atoms with van der Waals surface area (Å²) in [5.74, 6) is 0.702. The van der Waals surface area contributed by atoms with Crippen LogP contribution in [-0.4, -0.2) is 52.7 Å². The summed E-state index contributed by atoms with van der Waals surface area (Å²) in [7, 11) is 1.62. The number of aromatic nitrogens is 2. The van der Waals surface area contributed by atoms with Gasteiger partial charge in [0.05, 0.1) is 18.4 Å². The van der Waals surface area contributed by atoms with Crippen molar-refractivity contribution in [3.05, 3.63) is 66.4 Å². The number of nitrogens with zero attached hydrogens (tertiary/aromatic N) is 3. The molecule has 7 nitrogen and oxygen atoms in total. The zero-order valence-electron chi connectivity index (χ0n) is 19.3. The fraction of sp³-hybridized carbons (Fsp3) is 0.346. The van der Waals surface area contributed by atoms with Crippen LogP contribution in [0.1, 0.15) is 37.0 Å². The van der Waals surface area contributed by atoms with E-state index in [-0.39, 0.29) is 23.8 Å². The average Bonchev–Trinajstić information content (AvgIpc) is 3.30. The van der Waals surface area contributed by atoms with Crippen molar-refractivity contribution in [2.24, 2.45) is 5.92 Å². The van der Waals surface area contributed by atoms with Crippen LogP contribution >= 0.6 is 0 Å². The van der Waals surface area contributed by atoms with Gasteiger partial charge in [-0.05, 0) is 37.1 Å². The van der Waals surface area contributed by atoms with Crippen molar-refractivity contribution in [3.8, 4) is 22.7 Å². The Morgan fingerprint density at radius 2 is 1.79 bits per heavy atom. The van der Waals surface area contributed by atoms with Crippen molar-refractivity contribution >= 4 is 11.8 Å². The van der Waals surface area contributed by atoms with Gasteiger partial charge in [-0.25, -0.2) is 4.68 Å². The molecule has 2 aromatic carbocycles. The molecule has 0 unspecified atom stereocenters. The van der Waals surface area contributed by atoms with E-state index < -0.39 is 0 Å². The van der Waals surface area contributed by atoms with Gasteiger partial charge in [0.15, 0.2) is 0 Å². The smallest absolute Gasteiger partial charge is 0.255 e. The first-order valence-corrected chi connectivity index (χ1v) is 11.4. The van der Waals surface area contributed by atoms with Gasteiger partial charge in [-0.2, -0.15) is 5.10 Å². The van der Waals surface area contributed by atoms with Gasteiger partial charge in [0, 0.05) is 36.8 Å². The molecule has 1 saturated heterocycles. The molecular weight excluding hydrogens is 416 g/mol. The van der Waals surface area contributed by atoms with E-state index >= 15 is 0 Å². The number of nitrogens with one attached hydrogen (secondary N) is 1. The van der Waals surface area contributed by atoms with Gasteiger partial charge in [0.1, 0.15) is 11.4 Å². The fourth-order valence-electron chi connectivity index (χ4n) is 4.11. The molecule has 4 rings (SSSR count). The minimum absolute atomic E-state index is 0.00890. The van der Waals surface area contributed by atoms with E-state index in [1.165, 1.54) is 0 Å². The van der Waals surface area contributed by atoms with Gasteiger partial charge < -0.3 is 15.0 Å². The molecule has 0 saturated carbocycles. The summed E-state index contributed by atoms with van der Waals surface area (Å²) in [6, 6.07) is 17.3.